The zero-order valence-corrected chi connectivity index (χ0v) is 9.85. The number of fused-ring (bicyclic) bond motifs is 1. The Bertz CT molecular complexity index is 584. The van der Waals surface area contributed by atoms with Gasteiger partial charge in [-0.05, 0) is 31.2 Å². The molecule has 1 aromatic carbocycles. The first-order chi connectivity index (χ1) is 8.56. The van der Waals surface area contributed by atoms with E-state index in [1.54, 1.807) is 19.1 Å². The van der Waals surface area contributed by atoms with Crippen molar-refractivity contribution in [3.05, 3.63) is 41.8 Å². The number of hydrogen-bond donors (Lipinski definition) is 2. The standard InChI is InChI=1S/C13H13FN2O2/c1-8(17)6-16-13(18)10-4-9-5-11(14)2-3-12(9)15-7-10/h2-5,7-8,17H,6H2,1H3,(H,16,18). The number of benzene rings is 1. The smallest absolute Gasteiger partial charge is 0.252 e. The Morgan fingerprint density at radius 3 is 3.00 bits per heavy atom. The fraction of sp³-hybridized carbons (Fsp3) is 0.231. The van der Waals surface area contributed by atoms with Crippen LogP contribution in [0.15, 0.2) is 30.5 Å². The van der Waals surface area contributed by atoms with E-state index in [2.05, 4.69) is 10.3 Å². The van der Waals surface area contributed by atoms with Crippen molar-refractivity contribution in [1.82, 2.24) is 10.3 Å². The number of carbonyl (C=O) groups is 1. The molecule has 4 nitrogen and oxygen atoms in total. The molecule has 5 heteroatoms. The number of halogens is 1. The molecule has 0 saturated heterocycles. The first kappa shape index (κ1) is 12.4. The van der Waals surface area contributed by atoms with Gasteiger partial charge in [0.2, 0.25) is 0 Å². The van der Waals surface area contributed by atoms with Crippen LogP contribution >= 0.6 is 0 Å². The number of nitrogens with one attached hydrogen (secondary N) is 1. The van der Waals surface area contributed by atoms with Crippen LogP contribution < -0.4 is 5.32 Å². The van der Waals surface area contributed by atoms with Crippen LogP contribution in [0.1, 0.15) is 17.3 Å². The first-order valence-corrected chi connectivity index (χ1v) is 5.58. The molecule has 1 heterocycles. The molecule has 1 aromatic heterocycles. The minimum atomic E-state index is -0.611. The van der Waals surface area contributed by atoms with Gasteiger partial charge in [0.15, 0.2) is 0 Å². The lowest BCUT2D eigenvalue weighted by Crippen LogP contribution is -2.30. The molecule has 2 rings (SSSR count). The molecule has 2 N–H and O–H groups in total. The molecule has 0 spiro atoms. The molecular weight excluding hydrogens is 235 g/mol. The fourth-order valence-electron chi connectivity index (χ4n) is 1.57. The van der Waals surface area contributed by atoms with Crippen molar-refractivity contribution in [2.45, 2.75) is 13.0 Å². The average molecular weight is 248 g/mol. The van der Waals surface area contributed by atoms with Crippen LogP contribution in [-0.2, 0) is 0 Å². The molecule has 0 bridgehead atoms. The van der Waals surface area contributed by atoms with E-state index in [0.717, 1.165) is 0 Å². The Kier molecular flexibility index (Phi) is 3.53. The van der Waals surface area contributed by atoms with Crippen LogP contribution in [0, 0.1) is 5.82 Å². The Balaban J connectivity index is 2.26. The Morgan fingerprint density at radius 1 is 1.50 bits per heavy atom. The Morgan fingerprint density at radius 2 is 2.28 bits per heavy atom. The van der Waals surface area contributed by atoms with Gasteiger partial charge in [-0.3, -0.25) is 9.78 Å². The molecule has 1 amide bonds. The summed E-state index contributed by atoms with van der Waals surface area (Å²) in [7, 11) is 0. The summed E-state index contributed by atoms with van der Waals surface area (Å²) in [6.07, 6.45) is 0.817. The van der Waals surface area contributed by atoms with Crippen molar-refractivity contribution in [1.29, 1.82) is 0 Å². The highest BCUT2D eigenvalue weighted by molar-refractivity contribution is 5.97. The lowest BCUT2D eigenvalue weighted by atomic mass is 10.1. The van der Waals surface area contributed by atoms with Crippen molar-refractivity contribution >= 4 is 16.8 Å². The Hall–Kier alpha value is -2.01. The van der Waals surface area contributed by atoms with Crippen LogP contribution in [-0.4, -0.2) is 28.6 Å². The quantitative estimate of drug-likeness (QED) is 0.865. The summed E-state index contributed by atoms with van der Waals surface area (Å²) in [5.74, 6) is -0.708. The Labute approximate surface area is 103 Å². The number of pyridine rings is 1. The predicted molar refractivity (Wildman–Crippen MR) is 65.7 cm³/mol. The molecule has 0 aliphatic heterocycles. The number of aliphatic hydroxyl groups excluding tert-OH is 1. The second-order valence-corrected chi connectivity index (χ2v) is 4.12. The summed E-state index contributed by atoms with van der Waals surface area (Å²) >= 11 is 0. The summed E-state index contributed by atoms with van der Waals surface area (Å²) in [6.45, 7) is 1.74. The van der Waals surface area contributed by atoms with Gasteiger partial charge in [0.05, 0.1) is 17.2 Å². The van der Waals surface area contributed by atoms with Gasteiger partial charge in [-0.1, -0.05) is 0 Å². The highest BCUT2D eigenvalue weighted by atomic mass is 19.1. The number of aromatic nitrogens is 1. The summed E-state index contributed by atoms with van der Waals surface area (Å²) in [5.41, 5.74) is 0.970. The monoisotopic (exact) mass is 248 g/mol. The maximum absolute atomic E-state index is 13.1. The van der Waals surface area contributed by atoms with Gasteiger partial charge in [0.25, 0.3) is 5.91 Å². The van der Waals surface area contributed by atoms with E-state index >= 15 is 0 Å². The van der Waals surface area contributed by atoms with E-state index in [9.17, 15) is 9.18 Å². The first-order valence-electron chi connectivity index (χ1n) is 5.58. The van der Waals surface area contributed by atoms with Crippen molar-refractivity contribution < 1.29 is 14.3 Å². The van der Waals surface area contributed by atoms with Gasteiger partial charge in [-0.25, -0.2) is 4.39 Å². The lowest BCUT2D eigenvalue weighted by molar-refractivity contribution is 0.0924. The minimum absolute atomic E-state index is 0.167. The number of amides is 1. The topological polar surface area (TPSA) is 62.2 Å². The summed E-state index contributed by atoms with van der Waals surface area (Å²) in [6, 6.07) is 5.78. The number of hydrogen-bond acceptors (Lipinski definition) is 3. The summed E-state index contributed by atoms with van der Waals surface area (Å²) < 4.78 is 13.1. The molecule has 0 aliphatic rings. The second kappa shape index (κ2) is 5.10. The van der Waals surface area contributed by atoms with Crippen LogP contribution in [0.2, 0.25) is 0 Å². The molecule has 2 aromatic rings. The maximum Gasteiger partial charge on any atom is 0.252 e. The second-order valence-electron chi connectivity index (χ2n) is 4.12. The molecule has 0 aliphatic carbocycles. The largest absolute Gasteiger partial charge is 0.392 e. The van der Waals surface area contributed by atoms with E-state index in [-0.39, 0.29) is 18.3 Å². The SMILES string of the molecule is CC(O)CNC(=O)c1cnc2ccc(F)cc2c1. The zero-order chi connectivity index (χ0) is 13.1. The third-order valence-corrected chi connectivity index (χ3v) is 2.46. The van der Waals surface area contributed by atoms with Crippen LogP contribution in [0.3, 0.4) is 0 Å². The molecule has 0 saturated carbocycles. The van der Waals surface area contributed by atoms with Gasteiger partial charge in [-0.2, -0.15) is 0 Å². The molecule has 18 heavy (non-hydrogen) atoms. The van der Waals surface area contributed by atoms with Crippen molar-refractivity contribution in [3.8, 4) is 0 Å². The molecular formula is C13H13FN2O2. The predicted octanol–water partition coefficient (Wildman–Crippen LogP) is 1.48. The summed E-state index contributed by atoms with van der Waals surface area (Å²) in [5, 5.41) is 12.2. The highest BCUT2D eigenvalue weighted by Gasteiger charge is 2.08. The van der Waals surface area contributed by atoms with E-state index in [4.69, 9.17) is 5.11 Å². The third kappa shape index (κ3) is 2.81. The van der Waals surface area contributed by atoms with Crippen molar-refractivity contribution in [2.24, 2.45) is 0 Å². The number of rotatable bonds is 3. The zero-order valence-electron chi connectivity index (χ0n) is 9.85. The van der Waals surface area contributed by atoms with Gasteiger partial charge in [0.1, 0.15) is 5.82 Å². The van der Waals surface area contributed by atoms with Gasteiger partial charge in [0, 0.05) is 18.1 Å². The number of aliphatic hydroxyl groups is 1. The van der Waals surface area contributed by atoms with E-state index in [1.807, 2.05) is 0 Å². The van der Waals surface area contributed by atoms with Gasteiger partial charge < -0.3 is 10.4 Å². The molecule has 94 valence electrons. The lowest BCUT2D eigenvalue weighted by Gasteiger charge is -2.07. The van der Waals surface area contributed by atoms with Crippen LogP contribution in [0.4, 0.5) is 4.39 Å². The number of nitrogens with zero attached hydrogens (tertiary/aromatic N) is 1. The summed E-state index contributed by atoms with van der Waals surface area (Å²) in [4.78, 5) is 15.8. The van der Waals surface area contributed by atoms with Crippen LogP contribution in [0.25, 0.3) is 10.9 Å². The third-order valence-electron chi connectivity index (χ3n) is 2.46. The van der Waals surface area contributed by atoms with Gasteiger partial charge in [-0.15, -0.1) is 0 Å². The normalized spacial score (nSPS) is 12.4. The van der Waals surface area contributed by atoms with Crippen LogP contribution in [0.5, 0.6) is 0 Å². The fourth-order valence-corrected chi connectivity index (χ4v) is 1.57. The van der Waals surface area contributed by atoms with E-state index < -0.39 is 6.10 Å². The molecule has 1 unspecified atom stereocenters. The average Bonchev–Trinajstić information content (AvgIpc) is 2.34. The van der Waals surface area contributed by atoms with Gasteiger partial charge >= 0.3 is 0 Å². The van der Waals surface area contributed by atoms with Crippen molar-refractivity contribution in [2.75, 3.05) is 6.54 Å². The maximum atomic E-state index is 13.1. The van der Waals surface area contributed by atoms with E-state index in [1.165, 1.54) is 18.3 Å². The molecule has 0 fully saturated rings. The minimum Gasteiger partial charge on any atom is -0.392 e. The highest BCUT2D eigenvalue weighted by Crippen LogP contribution is 2.14. The van der Waals surface area contributed by atoms with Crippen molar-refractivity contribution in [3.63, 3.8) is 0 Å². The molecule has 0 radical (unpaired) electrons. The van der Waals surface area contributed by atoms with E-state index in [0.29, 0.717) is 16.5 Å². The molecule has 1 atom stereocenters. The number of carbonyl (C=O) groups excluding carboxylic acids is 1.